The van der Waals surface area contributed by atoms with E-state index in [0.717, 1.165) is 17.2 Å². The first-order chi connectivity index (χ1) is 13.6. The van der Waals surface area contributed by atoms with E-state index in [1.165, 1.54) is 38.0 Å². The van der Waals surface area contributed by atoms with Crippen molar-refractivity contribution in [1.29, 1.82) is 0 Å². The molecule has 2 aliphatic heterocycles. The van der Waals surface area contributed by atoms with Gasteiger partial charge in [-0.15, -0.1) is 0 Å². The fourth-order valence-electron chi connectivity index (χ4n) is 3.84. The van der Waals surface area contributed by atoms with Crippen molar-refractivity contribution in [3.8, 4) is 11.5 Å². The largest absolute Gasteiger partial charge is 0.457 e. The number of nitrogens with zero attached hydrogens (tertiary/aromatic N) is 2. The van der Waals surface area contributed by atoms with E-state index in [1.807, 2.05) is 24.3 Å². The highest BCUT2D eigenvalue weighted by Gasteiger charge is 2.31. The summed E-state index contributed by atoms with van der Waals surface area (Å²) < 4.78 is 24.9. The molecule has 0 saturated carbocycles. The molecule has 0 bridgehead atoms. The number of halogens is 1. The van der Waals surface area contributed by atoms with E-state index in [0.29, 0.717) is 23.2 Å². The average Bonchev–Trinajstić information content (AvgIpc) is 3.40. The number of ether oxygens (including phenoxy) is 1. The number of anilines is 1. The van der Waals surface area contributed by atoms with Crippen LogP contribution in [0.1, 0.15) is 31.0 Å². The third-order valence-electron chi connectivity index (χ3n) is 5.41. The highest BCUT2D eigenvalue weighted by molar-refractivity contribution is 7.97. The first-order valence-electron chi connectivity index (χ1n) is 9.40. The van der Waals surface area contributed by atoms with E-state index < -0.39 is 5.67 Å². The fraction of sp³-hybridized carbons (Fsp3) is 0.286. The van der Waals surface area contributed by atoms with Gasteiger partial charge < -0.3 is 14.6 Å². The van der Waals surface area contributed by atoms with Gasteiger partial charge in [-0.05, 0) is 67.6 Å². The van der Waals surface area contributed by atoms with E-state index in [9.17, 15) is 0 Å². The summed E-state index contributed by atoms with van der Waals surface area (Å²) in [6, 6.07) is 13.3. The molecule has 2 atom stereocenters. The van der Waals surface area contributed by atoms with Crippen LogP contribution in [0.15, 0.2) is 59.9 Å². The second-order valence-electron chi connectivity index (χ2n) is 7.30. The summed E-state index contributed by atoms with van der Waals surface area (Å²) in [6.45, 7) is 2.60. The Morgan fingerprint density at radius 3 is 3.00 bits per heavy atom. The zero-order valence-electron chi connectivity index (χ0n) is 15.5. The quantitative estimate of drug-likeness (QED) is 0.610. The molecule has 1 saturated heterocycles. The number of rotatable bonds is 4. The van der Waals surface area contributed by atoms with Crippen molar-refractivity contribution in [2.75, 3.05) is 11.4 Å². The third kappa shape index (κ3) is 3.04. The number of aromatic amines is 1. The van der Waals surface area contributed by atoms with Crippen LogP contribution in [0, 0.1) is 0 Å². The van der Waals surface area contributed by atoms with Gasteiger partial charge in [0.25, 0.3) is 0 Å². The summed E-state index contributed by atoms with van der Waals surface area (Å²) in [5.41, 5.74) is 0.517. The van der Waals surface area contributed by atoms with Crippen LogP contribution in [0.5, 0.6) is 11.5 Å². The Labute approximate surface area is 167 Å². The molecule has 2 N–H and O–H groups in total. The lowest BCUT2D eigenvalue weighted by molar-refractivity contribution is 0.244. The summed E-state index contributed by atoms with van der Waals surface area (Å²) in [4.78, 5) is 10.3. The summed E-state index contributed by atoms with van der Waals surface area (Å²) in [6.07, 6.45) is 5.80. The van der Waals surface area contributed by atoms with Crippen molar-refractivity contribution in [1.82, 2.24) is 14.7 Å². The topological polar surface area (TPSA) is 53.2 Å². The van der Waals surface area contributed by atoms with E-state index in [1.54, 1.807) is 24.1 Å². The summed E-state index contributed by atoms with van der Waals surface area (Å²) >= 11 is 1.65. The van der Waals surface area contributed by atoms with Gasteiger partial charge in [-0.25, -0.2) is 14.1 Å². The summed E-state index contributed by atoms with van der Waals surface area (Å²) in [7, 11) is 0. The number of alkyl halides is 1. The van der Waals surface area contributed by atoms with Gasteiger partial charge in [0.2, 0.25) is 0 Å². The molecule has 2 aliphatic rings. The molecular weight excluding hydrogens is 375 g/mol. The minimum atomic E-state index is -1.67. The minimum absolute atomic E-state index is 0.418. The molecule has 3 heterocycles. The molecule has 5 nitrogen and oxygen atoms in total. The van der Waals surface area contributed by atoms with Gasteiger partial charge >= 0.3 is 0 Å². The lowest BCUT2D eigenvalue weighted by atomic mass is 9.95. The Morgan fingerprint density at radius 1 is 1.25 bits per heavy atom. The third-order valence-corrected chi connectivity index (χ3v) is 6.35. The number of H-pyrrole nitrogens is 1. The molecule has 0 spiro atoms. The maximum atomic E-state index is 15.3. The van der Waals surface area contributed by atoms with Crippen LogP contribution in [-0.2, 0) is 5.67 Å². The number of nitrogens with one attached hydrogen (secondary N) is 2. The van der Waals surface area contributed by atoms with E-state index in [4.69, 9.17) is 4.74 Å². The van der Waals surface area contributed by atoms with Gasteiger partial charge in [0.05, 0.1) is 30.1 Å². The number of hydrogen-bond acceptors (Lipinski definition) is 5. The number of hydrogen-bond donors (Lipinski definition) is 2. The monoisotopic (exact) mass is 396 g/mol. The van der Waals surface area contributed by atoms with Crippen molar-refractivity contribution in [3.63, 3.8) is 0 Å². The van der Waals surface area contributed by atoms with Crippen molar-refractivity contribution < 1.29 is 9.13 Å². The van der Waals surface area contributed by atoms with Crippen molar-refractivity contribution in [2.24, 2.45) is 0 Å². The highest BCUT2D eigenvalue weighted by Crippen LogP contribution is 2.41. The van der Waals surface area contributed by atoms with Crippen LogP contribution in [0.3, 0.4) is 0 Å². The maximum absolute atomic E-state index is 15.3. The Morgan fingerprint density at radius 2 is 2.14 bits per heavy atom. The molecule has 0 aliphatic carbocycles. The molecule has 28 heavy (non-hydrogen) atoms. The van der Waals surface area contributed by atoms with Crippen molar-refractivity contribution in [2.45, 2.75) is 36.5 Å². The first kappa shape index (κ1) is 17.6. The second-order valence-corrected chi connectivity index (χ2v) is 8.18. The van der Waals surface area contributed by atoms with Crippen LogP contribution in [0.2, 0.25) is 0 Å². The van der Waals surface area contributed by atoms with Crippen LogP contribution in [-0.4, -0.2) is 22.7 Å². The summed E-state index contributed by atoms with van der Waals surface area (Å²) in [5.74, 6) is 1.35. The zero-order chi connectivity index (χ0) is 19.1. The molecule has 1 aromatic heterocycles. The Bertz CT molecular complexity index is 992. The van der Waals surface area contributed by atoms with E-state index in [2.05, 4.69) is 25.7 Å². The van der Waals surface area contributed by atoms with Crippen LogP contribution in [0.4, 0.5) is 10.1 Å². The van der Waals surface area contributed by atoms with Crippen LogP contribution < -0.4 is 14.4 Å². The molecule has 144 valence electrons. The Hall–Kier alpha value is -2.51. The van der Waals surface area contributed by atoms with Gasteiger partial charge in [-0.2, -0.15) is 0 Å². The first-order valence-corrected chi connectivity index (χ1v) is 10.2. The lowest BCUT2D eigenvalue weighted by Gasteiger charge is -2.33. The SMILES string of the molecule is CC(F)(c1cccc(Oc2ccc3c(c2)SNC2CCCN32)c1)c1cnc[nH]1. The molecule has 5 rings (SSSR count). The van der Waals surface area contributed by atoms with Gasteiger partial charge in [0, 0.05) is 11.4 Å². The zero-order valence-corrected chi connectivity index (χ0v) is 16.3. The lowest BCUT2D eigenvalue weighted by Crippen LogP contribution is -2.41. The normalized spacial score (nSPS) is 20.4. The smallest absolute Gasteiger partial charge is 0.174 e. The molecule has 0 amide bonds. The highest BCUT2D eigenvalue weighted by atomic mass is 32.2. The van der Waals surface area contributed by atoms with Gasteiger partial charge in [-0.3, -0.25) is 0 Å². The van der Waals surface area contributed by atoms with E-state index >= 15 is 4.39 Å². The predicted molar refractivity (Wildman–Crippen MR) is 108 cm³/mol. The number of aromatic nitrogens is 2. The molecule has 0 radical (unpaired) electrons. The van der Waals surface area contributed by atoms with Crippen LogP contribution in [0.25, 0.3) is 0 Å². The number of fused-ring (bicyclic) bond motifs is 3. The number of imidazole rings is 1. The Balaban J connectivity index is 1.40. The maximum Gasteiger partial charge on any atom is 0.174 e. The average molecular weight is 396 g/mol. The van der Waals surface area contributed by atoms with Crippen molar-refractivity contribution in [3.05, 3.63) is 66.2 Å². The minimum Gasteiger partial charge on any atom is -0.457 e. The predicted octanol–water partition coefficient (Wildman–Crippen LogP) is 4.97. The molecule has 2 unspecified atom stereocenters. The Kier molecular flexibility index (Phi) is 4.29. The molecule has 2 aromatic carbocycles. The fourth-order valence-corrected chi connectivity index (χ4v) is 4.81. The summed E-state index contributed by atoms with van der Waals surface area (Å²) in [5, 5.41) is 0. The van der Waals surface area contributed by atoms with Crippen molar-refractivity contribution >= 4 is 17.6 Å². The number of benzene rings is 2. The van der Waals surface area contributed by atoms with Gasteiger partial charge in [0.15, 0.2) is 5.67 Å². The molecule has 1 fully saturated rings. The molecule has 3 aromatic rings. The van der Waals surface area contributed by atoms with Gasteiger partial charge in [-0.1, -0.05) is 12.1 Å². The molecule has 7 heteroatoms. The van der Waals surface area contributed by atoms with Gasteiger partial charge in [0.1, 0.15) is 11.5 Å². The standard InChI is InChI=1S/C21H21FN4OS/c1-21(22,19-12-23-13-24-19)14-4-2-5-15(10-14)27-16-7-8-17-18(11-16)28-25-20-6-3-9-26(17)20/h2,4-5,7-8,10-13,20,25H,3,6,9H2,1H3,(H,23,24). The van der Waals surface area contributed by atoms with Crippen LogP contribution >= 0.6 is 11.9 Å². The second kappa shape index (κ2) is 6.83. The molecular formula is C21H21FN4OS. The van der Waals surface area contributed by atoms with E-state index in [-0.39, 0.29) is 0 Å².